The predicted octanol–water partition coefficient (Wildman–Crippen LogP) is 2.77. The van der Waals surface area contributed by atoms with Crippen LogP contribution in [0.2, 0.25) is 0 Å². The summed E-state index contributed by atoms with van der Waals surface area (Å²) >= 11 is 2.34. The van der Waals surface area contributed by atoms with E-state index in [1.165, 1.54) is 6.42 Å². The number of ether oxygens (including phenoxy) is 1. The summed E-state index contributed by atoms with van der Waals surface area (Å²) in [6.45, 7) is 7.85. The van der Waals surface area contributed by atoms with Gasteiger partial charge in [-0.2, -0.15) is 0 Å². The van der Waals surface area contributed by atoms with Crippen molar-refractivity contribution in [2.75, 3.05) is 17.5 Å². The molecule has 0 aromatic heterocycles. The Morgan fingerprint density at radius 3 is 2.71 bits per heavy atom. The minimum absolute atomic E-state index is 0.0112. The third-order valence-electron chi connectivity index (χ3n) is 3.03. The van der Waals surface area contributed by atoms with Gasteiger partial charge < -0.3 is 10.1 Å². The van der Waals surface area contributed by atoms with Crippen molar-refractivity contribution in [2.45, 2.75) is 45.6 Å². The summed E-state index contributed by atoms with van der Waals surface area (Å²) in [6, 6.07) is 0. The molecule has 1 heterocycles. The normalized spacial score (nSPS) is 23.2. The molecule has 0 spiro atoms. The summed E-state index contributed by atoms with van der Waals surface area (Å²) in [5, 5.41) is 3.38. The van der Waals surface area contributed by atoms with Gasteiger partial charge >= 0.3 is 5.97 Å². The molecule has 0 aromatic carbocycles. The Labute approximate surface area is 118 Å². The number of hydrogen-bond donors (Lipinski definition) is 1. The molecule has 0 radical (unpaired) electrons. The molecule has 0 aliphatic carbocycles. The van der Waals surface area contributed by atoms with Gasteiger partial charge in [0.05, 0.1) is 5.92 Å². The summed E-state index contributed by atoms with van der Waals surface area (Å²) in [4.78, 5) is 12.2. The fraction of sp³-hybridized carbons (Fsp3) is 0.923. The second-order valence-corrected chi connectivity index (χ2v) is 6.80. The van der Waals surface area contributed by atoms with Crippen molar-refractivity contribution < 1.29 is 9.53 Å². The Balaban J connectivity index is 2.60. The first-order valence-corrected chi connectivity index (χ1v) is 7.96. The highest BCUT2D eigenvalue weighted by molar-refractivity contribution is 14.1. The highest BCUT2D eigenvalue weighted by Crippen LogP contribution is 2.26. The molecule has 0 amide bonds. The molecule has 17 heavy (non-hydrogen) atoms. The van der Waals surface area contributed by atoms with Gasteiger partial charge in [0.2, 0.25) is 0 Å². The quantitative estimate of drug-likeness (QED) is 0.480. The van der Waals surface area contributed by atoms with Crippen LogP contribution in [0.3, 0.4) is 0 Å². The second-order valence-electron chi connectivity index (χ2n) is 5.72. The smallest absolute Gasteiger partial charge is 0.309 e. The average Bonchev–Trinajstić information content (AvgIpc) is 2.24. The first kappa shape index (κ1) is 15.2. The first-order valence-electron chi connectivity index (χ1n) is 6.43. The number of rotatable bonds is 4. The van der Waals surface area contributed by atoms with E-state index >= 15 is 0 Å². The van der Waals surface area contributed by atoms with Gasteiger partial charge in [-0.05, 0) is 59.0 Å². The third-order valence-corrected chi connectivity index (χ3v) is 3.66. The molecule has 1 fully saturated rings. The summed E-state index contributed by atoms with van der Waals surface area (Å²) < 4.78 is 6.55. The molecule has 1 aliphatic heterocycles. The summed E-state index contributed by atoms with van der Waals surface area (Å²) in [5.41, 5.74) is -0.372. The summed E-state index contributed by atoms with van der Waals surface area (Å²) in [7, 11) is 0. The molecule has 1 rings (SSSR count). The van der Waals surface area contributed by atoms with E-state index in [1.54, 1.807) is 0 Å². The molecule has 3 nitrogen and oxygen atoms in total. The largest absolute Gasteiger partial charge is 0.460 e. The lowest BCUT2D eigenvalue weighted by Crippen LogP contribution is -2.40. The van der Waals surface area contributed by atoms with Crippen LogP contribution in [0.4, 0.5) is 0 Å². The predicted molar refractivity (Wildman–Crippen MR) is 78.4 cm³/mol. The van der Waals surface area contributed by atoms with Crippen molar-refractivity contribution in [1.29, 1.82) is 0 Å². The van der Waals surface area contributed by atoms with Crippen molar-refractivity contribution in [1.82, 2.24) is 5.32 Å². The van der Waals surface area contributed by atoms with Crippen LogP contribution in [0.25, 0.3) is 0 Å². The Morgan fingerprint density at radius 2 is 2.24 bits per heavy atom. The van der Waals surface area contributed by atoms with E-state index in [1.807, 2.05) is 20.8 Å². The molecular weight excluding hydrogens is 329 g/mol. The molecule has 2 unspecified atom stereocenters. The molecule has 1 N–H and O–H groups in total. The molecule has 0 bridgehead atoms. The van der Waals surface area contributed by atoms with Gasteiger partial charge in [0.25, 0.3) is 0 Å². The van der Waals surface area contributed by atoms with Crippen molar-refractivity contribution in [2.24, 2.45) is 11.8 Å². The van der Waals surface area contributed by atoms with Crippen molar-refractivity contribution in [3.8, 4) is 0 Å². The number of carbonyl (C=O) groups is 1. The Morgan fingerprint density at radius 1 is 1.53 bits per heavy atom. The van der Waals surface area contributed by atoms with E-state index in [0.29, 0.717) is 5.92 Å². The molecule has 0 saturated carbocycles. The lowest BCUT2D eigenvalue weighted by molar-refractivity contribution is -0.162. The highest BCUT2D eigenvalue weighted by atomic mass is 127. The maximum absolute atomic E-state index is 12.2. The molecular formula is C13H24INO2. The lowest BCUT2D eigenvalue weighted by Gasteiger charge is -2.31. The van der Waals surface area contributed by atoms with Crippen LogP contribution in [-0.2, 0) is 9.53 Å². The fourth-order valence-corrected chi connectivity index (χ4v) is 2.93. The number of piperidine rings is 1. The third kappa shape index (κ3) is 5.55. The van der Waals surface area contributed by atoms with Gasteiger partial charge in [0.15, 0.2) is 0 Å². The zero-order chi connectivity index (χ0) is 12.9. The number of halogens is 1. The monoisotopic (exact) mass is 353 g/mol. The second kappa shape index (κ2) is 6.92. The van der Waals surface area contributed by atoms with Gasteiger partial charge in [-0.3, -0.25) is 4.79 Å². The van der Waals surface area contributed by atoms with Crippen molar-refractivity contribution >= 4 is 28.6 Å². The maximum Gasteiger partial charge on any atom is 0.309 e. The van der Waals surface area contributed by atoms with Gasteiger partial charge in [0, 0.05) is 4.43 Å². The van der Waals surface area contributed by atoms with Crippen LogP contribution in [-0.4, -0.2) is 29.1 Å². The molecule has 0 aromatic rings. The van der Waals surface area contributed by atoms with Crippen LogP contribution >= 0.6 is 22.6 Å². The van der Waals surface area contributed by atoms with E-state index in [4.69, 9.17) is 4.74 Å². The molecule has 1 saturated heterocycles. The van der Waals surface area contributed by atoms with Crippen molar-refractivity contribution in [3.63, 3.8) is 0 Å². The zero-order valence-corrected chi connectivity index (χ0v) is 13.2. The minimum atomic E-state index is -0.372. The van der Waals surface area contributed by atoms with Crippen molar-refractivity contribution in [3.05, 3.63) is 0 Å². The van der Waals surface area contributed by atoms with Gasteiger partial charge in [-0.25, -0.2) is 0 Å². The number of carbonyl (C=O) groups excluding carboxylic acids is 1. The molecule has 2 atom stereocenters. The van der Waals surface area contributed by atoms with Gasteiger partial charge in [0.1, 0.15) is 5.60 Å². The average molecular weight is 353 g/mol. The standard InChI is InChI=1S/C13H24INO2/c1-13(2,3)17-12(16)11(6-7-14)10-5-4-8-15-9-10/h10-11,15H,4-9H2,1-3H3. The van der Waals surface area contributed by atoms with Crippen LogP contribution in [0, 0.1) is 11.8 Å². The highest BCUT2D eigenvalue weighted by Gasteiger charge is 2.32. The van der Waals surface area contributed by atoms with E-state index < -0.39 is 0 Å². The van der Waals surface area contributed by atoms with E-state index in [-0.39, 0.29) is 17.5 Å². The Bertz CT molecular complexity index is 244. The number of nitrogens with one attached hydrogen (secondary N) is 1. The zero-order valence-electron chi connectivity index (χ0n) is 11.1. The number of hydrogen-bond acceptors (Lipinski definition) is 3. The summed E-state index contributed by atoms with van der Waals surface area (Å²) in [5.74, 6) is 0.509. The Kier molecular flexibility index (Phi) is 6.20. The minimum Gasteiger partial charge on any atom is -0.460 e. The van der Waals surface area contributed by atoms with E-state index in [9.17, 15) is 4.79 Å². The summed E-state index contributed by atoms with van der Waals surface area (Å²) in [6.07, 6.45) is 3.25. The van der Waals surface area contributed by atoms with E-state index in [2.05, 4.69) is 27.9 Å². The fourth-order valence-electron chi connectivity index (χ4n) is 2.26. The van der Waals surface area contributed by atoms with Crippen LogP contribution < -0.4 is 5.32 Å². The lowest BCUT2D eigenvalue weighted by atomic mass is 9.84. The van der Waals surface area contributed by atoms with Crippen LogP contribution in [0.15, 0.2) is 0 Å². The molecule has 100 valence electrons. The van der Waals surface area contributed by atoms with Gasteiger partial charge in [-0.15, -0.1) is 0 Å². The van der Waals surface area contributed by atoms with Gasteiger partial charge in [-0.1, -0.05) is 22.6 Å². The van der Waals surface area contributed by atoms with Crippen LogP contribution in [0.1, 0.15) is 40.0 Å². The first-order chi connectivity index (χ1) is 7.94. The Hall–Kier alpha value is 0.160. The SMILES string of the molecule is CC(C)(C)OC(=O)C(CCI)C1CCCNC1. The maximum atomic E-state index is 12.2. The molecule has 4 heteroatoms. The topological polar surface area (TPSA) is 38.3 Å². The molecule has 1 aliphatic rings. The van der Waals surface area contributed by atoms with Crippen LogP contribution in [0.5, 0.6) is 0 Å². The number of alkyl halides is 1. The number of esters is 1. The van der Waals surface area contributed by atoms with E-state index in [0.717, 1.165) is 30.4 Å².